The van der Waals surface area contributed by atoms with Gasteiger partial charge in [-0.25, -0.2) is 4.79 Å². The zero-order valence-electron chi connectivity index (χ0n) is 13.8. The maximum Gasteiger partial charge on any atom is 0.344 e. The summed E-state index contributed by atoms with van der Waals surface area (Å²) in [5, 5.41) is 2.85. The van der Waals surface area contributed by atoms with Crippen LogP contribution in [0.2, 0.25) is 0 Å². The predicted octanol–water partition coefficient (Wildman–Crippen LogP) is 2.51. The van der Waals surface area contributed by atoms with Gasteiger partial charge < -0.3 is 20.5 Å². The minimum atomic E-state index is -0.419. The van der Waals surface area contributed by atoms with Gasteiger partial charge in [0, 0.05) is 24.2 Å². The summed E-state index contributed by atoms with van der Waals surface area (Å²) in [4.78, 5) is 23.4. The Labute approximate surface area is 148 Å². The van der Waals surface area contributed by atoms with Crippen LogP contribution in [0.3, 0.4) is 0 Å². The number of benzene rings is 1. The molecule has 2 atom stereocenters. The molecule has 0 aliphatic heterocycles. The molecule has 2 rings (SSSR count). The lowest BCUT2D eigenvalue weighted by atomic mass is 10.00. The summed E-state index contributed by atoms with van der Waals surface area (Å²) in [7, 11) is 0. The number of amides is 1. The van der Waals surface area contributed by atoms with Gasteiger partial charge >= 0.3 is 5.97 Å². The molecule has 3 N–H and O–H groups in total. The number of nitrogens with two attached hydrogens (primary N) is 1. The van der Waals surface area contributed by atoms with E-state index in [0.717, 1.165) is 19.3 Å². The minimum absolute atomic E-state index is 0. The fourth-order valence-electron chi connectivity index (χ4n) is 2.78. The molecule has 1 saturated carbocycles. The smallest absolute Gasteiger partial charge is 0.344 e. The van der Waals surface area contributed by atoms with Crippen molar-refractivity contribution in [2.24, 2.45) is 11.7 Å². The third-order valence-electron chi connectivity index (χ3n) is 3.95. The molecule has 1 aliphatic carbocycles. The van der Waals surface area contributed by atoms with E-state index < -0.39 is 5.97 Å². The van der Waals surface area contributed by atoms with Gasteiger partial charge in [-0.05, 0) is 37.8 Å². The Hall–Kier alpha value is -1.79. The van der Waals surface area contributed by atoms with Crippen LogP contribution in [-0.2, 0) is 14.3 Å². The Morgan fingerprint density at radius 3 is 2.79 bits per heavy atom. The summed E-state index contributed by atoms with van der Waals surface area (Å²) >= 11 is 0. The zero-order valence-corrected chi connectivity index (χ0v) is 14.6. The SMILES string of the molecule is CCOC(=O)COc1cccc(NC(=O)C[C@@H]2CCC[C@H]2N)c1.Cl. The van der Waals surface area contributed by atoms with Crippen LogP contribution in [-0.4, -0.2) is 31.1 Å². The molecule has 6 nitrogen and oxygen atoms in total. The number of hydrogen-bond donors (Lipinski definition) is 2. The third kappa shape index (κ3) is 6.37. The molecule has 7 heteroatoms. The van der Waals surface area contributed by atoms with Gasteiger partial charge in [-0.15, -0.1) is 12.4 Å². The molecule has 24 heavy (non-hydrogen) atoms. The lowest BCUT2D eigenvalue weighted by Crippen LogP contribution is -2.28. The summed E-state index contributed by atoms with van der Waals surface area (Å²) in [6.07, 6.45) is 3.54. The van der Waals surface area contributed by atoms with Gasteiger partial charge in [0.25, 0.3) is 0 Å². The van der Waals surface area contributed by atoms with Crippen LogP contribution in [0.25, 0.3) is 0 Å². The van der Waals surface area contributed by atoms with E-state index in [1.807, 2.05) is 0 Å². The number of anilines is 1. The number of carbonyl (C=O) groups is 2. The first-order chi connectivity index (χ1) is 11.1. The molecule has 1 fully saturated rings. The molecule has 1 aromatic rings. The predicted molar refractivity (Wildman–Crippen MR) is 94.4 cm³/mol. The Bertz CT molecular complexity index is 553. The second kappa shape index (κ2) is 10.2. The number of hydrogen-bond acceptors (Lipinski definition) is 5. The minimum Gasteiger partial charge on any atom is -0.482 e. The molecule has 0 aromatic heterocycles. The van der Waals surface area contributed by atoms with E-state index in [9.17, 15) is 9.59 Å². The van der Waals surface area contributed by atoms with Crippen LogP contribution in [0, 0.1) is 5.92 Å². The number of ether oxygens (including phenoxy) is 2. The van der Waals surface area contributed by atoms with Gasteiger partial charge in [0.05, 0.1) is 6.61 Å². The quantitative estimate of drug-likeness (QED) is 0.732. The van der Waals surface area contributed by atoms with Crippen molar-refractivity contribution < 1.29 is 19.1 Å². The van der Waals surface area contributed by atoms with Crippen LogP contribution in [0.5, 0.6) is 5.75 Å². The van der Waals surface area contributed by atoms with E-state index in [2.05, 4.69) is 5.32 Å². The van der Waals surface area contributed by atoms with E-state index >= 15 is 0 Å². The molecule has 0 spiro atoms. The van der Waals surface area contributed by atoms with Crippen molar-refractivity contribution in [3.63, 3.8) is 0 Å². The molecular formula is C17H25ClN2O4. The summed E-state index contributed by atoms with van der Waals surface area (Å²) in [6, 6.07) is 7.08. The van der Waals surface area contributed by atoms with Crippen molar-refractivity contribution >= 4 is 30.0 Å². The summed E-state index contributed by atoms with van der Waals surface area (Å²) in [5.74, 6) is 0.304. The molecule has 1 amide bonds. The topological polar surface area (TPSA) is 90.6 Å². The van der Waals surface area contributed by atoms with E-state index in [1.54, 1.807) is 31.2 Å². The van der Waals surface area contributed by atoms with Crippen LogP contribution in [0.4, 0.5) is 5.69 Å². The zero-order chi connectivity index (χ0) is 16.7. The first kappa shape index (κ1) is 20.3. The first-order valence-corrected chi connectivity index (χ1v) is 8.02. The van der Waals surface area contributed by atoms with E-state index in [-0.39, 0.29) is 36.9 Å². The Kier molecular flexibility index (Phi) is 8.57. The van der Waals surface area contributed by atoms with Gasteiger partial charge in [0.15, 0.2) is 6.61 Å². The van der Waals surface area contributed by atoms with Crippen LogP contribution in [0.15, 0.2) is 24.3 Å². The Balaban J connectivity index is 0.00000288. The summed E-state index contributed by atoms with van der Waals surface area (Å²) < 4.78 is 10.1. The molecule has 0 saturated heterocycles. The Morgan fingerprint density at radius 2 is 2.12 bits per heavy atom. The van der Waals surface area contributed by atoms with Crippen LogP contribution >= 0.6 is 12.4 Å². The maximum atomic E-state index is 12.1. The number of carbonyl (C=O) groups excluding carboxylic acids is 2. The average Bonchev–Trinajstić information content (AvgIpc) is 2.91. The van der Waals surface area contributed by atoms with E-state index in [0.29, 0.717) is 24.5 Å². The third-order valence-corrected chi connectivity index (χ3v) is 3.95. The monoisotopic (exact) mass is 356 g/mol. The van der Waals surface area contributed by atoms with Crippen molar-refractivity contribution in [3.8, 4) is 5.75 Å². The summed E-state index contributed by atoms with van der Waals surface area (Å²) in [6.45, 7) is 1.91. The van der Waals surface area contributed by atoms with Gasteiger partial charge in [-0.1, -0.05) is 12.5 Å². The normalized spacial score (nSPS) is 19.2. The molecule has 0 heterocycles. The lowest BCUT2D eigenvalue weighted by Gasteiger charge is -2.15. The number of esters is 1. The van der Waals surface area contributed by atoms with Crippen molar-refractivity contribution in [3.05, 3.63) is 24.3 Å². The van der Waals surface area contributed by atoms with E-state index in [1.165, 1.54) is 0 Å². The highest BCUT2D eigenvalue weighted by atomic mass is 35.5. The van der Waals surface area contributed by atoms with Crippen molar-refractivity contribution in [2.45, 2.75) is 38.6 Å². The maximum absolute atomic E-state index is 12.1. The van der Waals surface area contributed by atoms with Crippen LogP contribution in [0.1, 0.15) is 32.6 Å². The first-order valence-electron chi connectivity index (χ1n) is 8.02. The highest BCUT2D eigenvalue weighted by molar-refractivity contribution is 5.91. The second-order valence-electron chi connectivity index (χ2n) is 5.73. The molecule has 0 bridgehead atoms. The van der Waals surface area contributed by atoms with Gasteiger partial charge in [0.2, 0.25) is 5.91 Å². The van der Waals surface area contributed by atoms with Gasteiger partial charge in [-0.3, -0.25) is 4.79 Å². The molecular weight excluding hydrogens is 332 g/mol. The number of nitrogens with one attached hydrogen (secondary N) is 1. The van der Waals surface area contributed by atoms with Crippen molar-refractivity contribution in [1.29, 1.82) is 0 Å². The second-order valence-corrected chi connectivity index (χ2v) is 5.73. The van der Waals surface area contributed by atoms with Crippen molar-refractivity contribution in [1.82, 2.24) is 0 Å². The Morgan fingerprint density at radius 1 is 1.33 bits per heavy atom. The fourth-order valence-corrected chi connectivity index (χ4v) is 2.78. The summed E-state index contributed by atoms with van der Waals surface area (Å²) in [5.41, 5.74) is 6.64. The highest BCUT2D eigenvalue weighted by Gasteiger charge is 2.26. The molecule has 1 aliphatic rings. The van der Waals surface area contributed by atoms with Gasteiger partial charge in [-0.2, -0.15) is 0 Å². The molecule has 0 radical (unpaired) electrons. The van der Waals surface area contributed by atoms with Gasteiger partial charge in [0.1, 0.15) is 5.75 Å². The van der Waals surface area contributed by atoms with Crippen molar-refractivity contribution in [2.75, 3.05) is 18.5 Å². The largest absolute Gasteiger partial charge is 0.482 e. The molecule has 0 unspecified atom stereocenters. The average molecular weight is 357 g/mol. The molecule has 134 valence electrons. The standard InChI is InChI=1S/C17H24N2O4.ClH/c1-2-22-17(21)11-23-14-7-4-6-13(10-14)19-16(20)9-12-5-3-8-15(12)18;/h4,6-7,10,12,15H,2-3,5,8-9,11,18H2,1H3,(H,19,20);1H/t12-,15+;/m0./s1. The highest BCUT2D eigenvalue weighted by Crippen LogP contribution is 2.27. The fraction of sp³-hybridized carbons (Fsp3) is 0.529. The number of rotatable bonds is 7. The molecule has 1 aromatic carbocycles. The lowest BCUT2D eigenvalue weighted by molar-refractivity contribution is -0.145. The number of halogens is 1. The van der Waals surface area contributed by atoms with E-state index in [4.69, 9.17) is 15.2 Å². The van der Waals surface area contributed by atoms with Crippen LogP contribution < -0.4 is 15.8 Å².